The highest BCUT2D eigenvalue weighted by Crippen LogP contribution is 2.14. The van der Waals surface area contributed by atoms with E-state index in [1.165, 1.54) is 0 Å². The molecule has 0 amide bonds. The van der Waals surface area contributed by atoms with Gasteiger partial charge in [0, 0.05) is 5.92 Å². The first-order valence-electron chi connectivity index (χ1n) is 4.57. The molecule has 0 spiro atoms. The smallest absolute Gasteiger partial charge is 0.110 e. The lowest BCUT2D eigenvalue weighted by Crippen LogP contribution is -1.93. The lowest BCUT2D eigenvalue weighted by Gasteiger charge is -1.97. The molecule has 0 unspecified atom stereocenters. The average molecular weight is 170 g/mol. The van der Waals surface area contributed by atoms with Gasteiger partial charge in [-0.2, -0.15) is 0 Å². The molecule has 0 aliphatic heterocycles. The second-order valence-corrected chi connectivity index (χ2v) is 2.60. The van der Waals surface area contributed by atoms with Crippen molar-refractivity contribution in [1.29, 1.82) is 0 Å². The van der Waals surface area contributed by atoms with E-state index in [0.717, 1.165) is 17.8 Å². The number of aromatic nitrogens is 2. The van der Waals surface area contributed by atoms with Gasteiger partial charge >= 0.3 is 0 Å². The molecule has 1 aromatic heterocycles. The molecule has 1 rings (SSSR count). The number of aryl methyl sites for hydroxylation is 1. The second-order valence-electron chi connectivity index (χ2n) is 2.60. The van der Waals surface area contributed by atoms with Gasteiger partial charge in [-0.3, -0.25) is 0 Å². The topological polar surface area (TPSA) is 38.9 Å². The van der Waals surface area contributed by atoms with Crippen LogP contribution in [0.5, 0.6) is 0 Å². The molecule has 0 radical (unpaired) electrons. The molecule has 3 heteroatoms. The normalized spacial score (nSPS) is 9.50. The first-order chi connectivity index (χ1) is 5.75. The third-order valence-corrected chi connectivity index (χ3v) is 1.47. The Bertz CT molecular complexity index is 206. The molecule has 0 saturated heterocycles. The van der Waals surface area contributed by atoms with Crippen LogP contribution in [0.1, 0.15) is 51.9 Å². The fourth-order valence-corrected chi connectivity index (χ4v) is 0.897. The molecule has 0 fully saturated rings. The standard InChI is InChI=1S/C7H12N2O.C2H6/c1-4-6-7(5(2)3)9-10-8-6;1-2/h5H,4H2,1-3H3;1-2H3. The minimum atomic E-state index is 0.418. The van der Waals surface area contributed by atoms with Gasteiger partial charge in [0.2, 0.25) is 0 Å². The van der Waals surface area contributed by atoms with Crippen molar-refractivity contribution >= 4 is 0 Å². The van der Waals surface area contributed by atoms with Crippen molar-refractivity contribution in [3.8, 4) is 0 Å². The number of rotatable bonds is 2. The Morgan fingerprint density at radius 1 is 1.25 bits per heavy atom. The van der Waals surface area contributed by atoms with Crippen molar-refractivity contribution in [2.45, 2.75) is 47.0 Å². The van der Waals surface area contributed by atoms with Crippen molar-refractivity contribution in [1.82, 2.24) is 10.3 Å². The molecule has 0 aliphatic rings. The Morgan fingerprint density at radius 3 is 2.17 bits per heavy atom. The maximum atomic E-state index is 4.60. The van der Waals surface area contributed by atoms with E-state index in [2.05, 4.69) is 28.8 Å². The van der Waals surface area contributed by atoms with Crippen LogP contribution < -0.4 is 0 Å². The van der Waals surface area contributed by atoms with E-state index < -0.39 is 0 Å². The minimum absolute atomic E-state index is 0.418. The van der Waals surface area contributed by atoms with E-state index in [1.807, 2.05) is 20.8 Å². The average Bonchev–Trinajstić information content (AvgIpc) is 2.55. The highest BCUT2D eigenvalue weighted by Gasteiger charge is 2.10. The Labute approximate surface area is 74.1 Å². The summed E-state index contributed by atoms with van der Waals surface area (Å²) in [7, 11) is 0. The third kappa shape index (κ3) is 2.64. The maximum absolute atomic E-state index is 4.60. The Balaban J connectivity index is 0.000000561. The first-order valence-corrected chi connectivity index (χ1v) is 4.57. The first kappa shape index (κ1) is 11.1. The molecule has 0 aliphatic carbocycles. The van der Waals surface area contributed by atoms with Crippen LogP contribution >= 0.6 is 0 Å². The molecule has 70 valence electrons. The Hall–Kier alpha value is -0.860. The van der Waals surface area contributed by atoms with Crippen LogP contribution in [-0.2, 0) is 6.42 Å². The predicted molar refractivity (Wildman–Crippen MR) is 49.1 cm³/mol. The summed E-state index contributed by atoms with van der Waals surface area (Å²) in [6, 6.07) is 0. The Morgan fingerprint density at radius 2 is 1.83 bits per heavy atom. The summed E-state index contributed by atoms with van der Waals surface area (Å²) in [6.07, 6.45) is 0.900. The zero-order chi connectivity index (χ0) is 9.56. The lowest BCUT2D eigenvalue weighted by atomic mass is 10.1. The van der Waals surface area contributed by atoms with Gasteiger partial charge in [-0.1, -0.05) is 44.9 Å². The van der Waals surface area contributed by atoms with Crippen molar-refractivity contribution in [2.75, 3.05) is 0 Å². The van der Waals surface area contributed by atoms with E-state index in [4.69, 9.17) is 0 Å². The van der Waals surface area contributed by atoms with Crippen LogP contribution in [0.2, 0.25) is 0 Å². The van der Waals surface area contributed by atoms with Crippen LogP contribution in [0.15, 0.2) is 4.63 Å². The molecule has 12 heavy (non-hydrogen) atoms. The predicted octanol–water partition coefficient (Wildman–Crippen LogP) is 2.78. The zero-order valence-electron chi connectivity index (χ0n) is 8.59. The van der Waals surface area contributed by atoms with Crippen molar-refractivity contribution in [3.63, 3.8) is 0 Å². The number of nitrogens with zero attached hydrogens (tertiary/aromatic N) is 2. The third-order valence-electron chi connectivity index (χ3n) is 1.47. The van der Waals surface area contributed by atoms with E-state index in [-0.39, 0.29) is 0 Å². The van der Waals surface area contributed by atoms with E-state index in [9.17, 15) is 0 Å². The summed E-state index contributed by atoms with van der Waals surface area (Å²) >= 11 is 0. The van der Waals surface area contributed by atoms with Gasteiger partial charge in [-0.05, 0) is 6.42 Å². The highest BCUT2D eigenvalue weighted by atomic mass is 16.6. The summed E-state index contributed by atoms with van der Waals surface area (Å²) in [5.41, 5.74) is 1.97. The molecule has 0 saturated carbocycles. The molecule has 0 aromatic carbocycles. The van der Waals surface area contributed by atoms with E-state index in [0.29, 0.717) is 5.92 Å². The van der Waals surface area contributed by atoms with Gasteiger partial charge in [0.15, 0.2) is 0 Å². The van der Waals surface area contributed by atoms with Gasteiger partial charge in [-0.15, -0.1) is 0 Å². The molecule has 1 aromatic rings. The van der Waals surface area contributed by atoms with Gasteiger partial charge in [0.05, 0.1) is 0 Å². The van der Waals surface area contributed by atoms with Gasteiger partial charge in [-0.25, -0.2) is 4.63 Å². The molecular formula is C9H18N2O. The SMILES string of the molecule is CC.CCc1nonc1C(C)C. The summed E-state index contributed by atoms with van der Waals surface area (Å²) < 4.78 is 4.60. The monoisotopic (exact) mass is 170 g/mol. The molecule has 0 bridgehead atoms. The van der Waals surface area contributed by atoms with Crippen molar-refractivity contribution < 1.29 is 4.63 Å². The quantitative estimate of drug-likeness (QED) is 0.685. The summed E-state index contributed by atoms with van der Waals surface area (Å²) in [4.78, 5) is 0. The van der Waals surface area contributed by atoms with Crippen LogP contribution in [0.3, 0.4) is 0 Å². The summed E-state index contributed by atoms with van der Waals surface area (Å²) in [6.45, 7) is 10.2. The van der Waals surface area contributed by atoms with Crippen LogP contribution in [0.25, 0.3) is 0 Å². The lowest BCUT2D eigenvalue weighted by molar-refractivity contribution is 0.299. The van der Waals surface area contributed by atoms with Crippen LogP contribution in [0.4, 0.5) is 0 Å². The van der Waals surface area contributed by atoms with Gasteiger partial charge < -0.3 is 0 Å². The van der Waals surface area contributed by atoms with Crippen molar-refractivity contribution in [2.24, 2.45) is 0 Å². The fraction of sp³-hybridized carbons (Fsp3) is 0.778. The minimum Gasteiger partial charge on any atom is -0.244 e. The van der Waals surface area contributed by atoms with Gasteiger partial charge in [0.1, 0.15) is 11.4 Å². The summed E-state index contributed by atoms with van der Waals surface area (Å²) in [5.74, 6) is 0.418. The molecule has 1 heterocycles. The number of hydrogen-bond acceptors (Lipinski definition) is 3. The highest BCUT2D eigenvalue weighted by molar-refractivity contribution is 5.10. The largest absolute Gasteiger partial charge is 0.244 e. The van der Waals surface area contributed by atoms with Crippen LogP contribution in [-0.4, -0.2) is 10.3 Å². The molecule has 3 nitrogen and oxygen atoms in total. The molecule has 0 atom stereocenters. The van der Waals surface area contributed by atoms with Crippen molar-refractivity contribution in [3.05, 3.63) is 11.4 Å². The Kier molecular flexibility index (Phi) is 5.34. The second kappa shape index (κ2) is 5.75. The molecule has 0 N–H and O–H groups in total. The van der Waals surface area contributed by atoms with E-state index >= 15 is 0 Å². The zero-order valence-corrected chi connectivity index (χ0v) is 8.59. The van der Waals surface area contributed by atoms with Gasteiger partial charge in [0.25, 0.3) is 0 Å². The van der Waals surface area contributed by atoms with E-state index in [1.54, 1.807) is 0 Å². The fourth-order valence-electron chi connectivity index (χ4n) is 0.897. The summed E-state index contributed by atoms with van der Waals surface area (Å²) in [5, 5.41) is 7.57. The van der Waals surface area contributed by atoms with Crippen LogP contribution in [0, 0.1) is 0 Å². The number of hydrogen-bond donors (Lipinski definition) is 0. The molecular weight excluding hydrogens is 152 g/mol. The maximum Gasteiger partial charge on any atom is 0.110 e.